The van der Waals surface area contributed by atoms with Crippen molar-refractivity contribution in [1.29, 1.82) is 0 Å². The minimum atomic E-state index is -0.0607. The zero-order valence-electron chi connectivity index (χ0n) is 18.8. The molecule has 0 unspecified atom stereocenters. The number of pyridine rings is 1. The van der Waals surface area contributed by atoms with E-state index in [0.717, 1.165) is 29.0 Å². The van der Waals surface area contributed by atoms with Gasteiger partial charge in [0.05, 0.1) is 11.4 Å². The number of likely N-dealkylation sites (N-methyl/N-ethyl adjacent to an activating group) is 1. The molecule has 0 N–H and O–H groups in total. The second-order valence-corrected chi connectivity index (χ2v) is 8.13. The summed E-state index contributed by atoms with van der Waals surface area (Å²) < 4.78 is 2.03. The van der Waals surface area contributed by atoms with Crippen molar-refractivity contribution in [2.75, 3.05) is 20.6 Å². The number of imidazole rings is 1. The van der Waals surface area contributed by atoms with Gasteiger partial charge in [-0.05, 0) is 43.7 Å². The number of carbonyl (C=O) groups excluding carboxylic acids is 1. The number of rotatable bonds is 8. The molecule has 0 radical (unpaired) electrons. The quantitative estimate of drug-likeness (QED) is 0.430. The number of hydrogen-bond acceptors (Lipinski definition) is 5. The molecule has 0 aliphatic carbocycles. The van der Waals surface area contributed by atoms with Crippen molar-refractivity contribution in [2.24, 2.45) is 0 Å². The zero-order chi connectivity index (χ0) is 22.5. The smallest absolute Gasteiger partial charge is 0.274 e. The molecule has 0 saturated carbocycles. The fraction of sp³-hybridized carbons (Fsp3) is 0.280. The van der Waals surface area contributed by atoms with Gasteiger partial charge < -0.3 is 9.30 Å². The van der Waals surface area contributed by atoms with Gasteiger partial charge in [-0.3, -0.25) is 9.69 Å². The summed E-state index contributed by atoms with van der Waals surface area (Å²) in [6.45, 7) is 3.87. The van der Waals surface area contributed by atoms with Gasteiger partial charge in [0.1, 0.15) is 12.0 Å². The maximum Gasteiger partial charge on any atom is 0.274 e. The largest absolute Gasteiger partial charge is 0.340 e. The third kappa shape index (κ3) is 4.84. The molecule has 1 aromatic carbocycles. The molecule has 0 atom stereocenters. The minimum absolute atomic E-state index is 0.0607. The first-order valence-corrected chi connectivity index (χ1v) is 10.7. The predicted octanol–water partition coefficient (Wildman–Crippen LogP) is 3.38. The first kappa shape index (κ1) is 21.6. The first-order valence-electron chi connectivity index (χ1n) is 10.7. The van der Waals surface area contributed by atoms with Gasteiger partial charge in [-0.25, -0.2) is 15.0 Å². The van der Waals surface area contributed by atoms with Crippen LogP contribution < -0.4 is 0 Å². The Bertz CT molecular complexity index is 1190. The van der Waals surface area contributed by atoms with E-state index >= 15 is 0 Å². The lowest BCUT2D eigenvalue weighted by Gasteiger charge is -2.19. The molecule has 3 aromatic heterocycles. The van der Waals surface area contributed by atoms with Crippen molar-refractivity contribution in [3.05, 3.63) is 95.5 Å². The van der Waals surface area contributed by atoms with E-state index in [9.17, 15) is 4.79 Å². The van der Waals surface area contributed by atoms with Crippen molar-refractivity contribution in [3.63, 3.8) is 0 Å². The summed E-state index contributed by atoms with van der Waals surface area (Å²) in [6.07, 6.45) is 6.07. The highest BCUT2D eigenvalue weighted by Crippen LogP contribution is 2.19. The zero-order valence-corrected chi connectivity index (χ0v) is 18.8. The van der Waals surface area contributed by atoms with Gasteiger partial charge in [-0.2, -0.15) is 0 Å². The number of fused-ring (bicyclic) bond motifs is 1. The van der Waals surface area contributed by atoms with Crippen LogP contribution in [0.25, 0.3) is 5.65 Å². The van der Waals surface area contributed by atoms with E-state index in [4.69, 9.17) is 4.98 Å². The average molecular weight is 429 g/mol. The molecule has 0 aliphatic heterocycles. The SMILES string of the molecule is Cc1cccn2c(CN(C)Cc3ccncn3)c(C(=O)N(C)CCc3ccccc3)nc12. The van der Waals surface area contributed by atoms with E-state index in [-0.39, 0.29) is 5.91 Å². The van der Waals surface area contributed by atoms with Crippen LogP contribution in [0, 0.1) is 6.92 Å². The van der Waals surface area contributed by atoms with Gasteiger partial charge in [0.25, 0.3) is 5.91 Å². The van der Waals surface area contributed by atoms with Crippen LogP contribution in [0.1, 0.15) is 33.0 Å². The molecule has 0 spiro atoms. The van der Waals surface area contributed by atoms with Crippen molar-refractivity contribution >= 4 is 11.6 Å². The van der Waals surface area contributed by atoms with Crippen LogP contribution in [-0.2, 0) is 19.5 Å². The van der Waals surface area contributed by atoms with Crippen LogP contribution in [0.5, 0.6) is 0 Å². The number of hydrogen-bond donors (Lipinski definition) is 0. The fourth-order valence-corrected chi connectivity index (χ4v) is 3.80. The molecule has 0 fully saturated rings. The number of aromatic nitrogens is 4. The van der Waals surface area contributed by atoms with Gasteiger partial charge in [-0.15, -0.1) is 0 Å². The standard InChI is InChI=1S/C25H28N6O/c1-19-8-7-14-31-22(17-29(2)16-21-11-13-26-18-27-21)23(28-24(19)31)25(32)30(3)15-12-20-9-5-4-6-10-20/h4-11,13-14,18H,12,15-17H2,1-3H3. The summed E-state index contributed by atoms with van der Waals surface area (Å²) in [5.41, 5.74) is 5.39. The number of amides is 1. The molecular weight excluding hydrogens is 400 g/mol. The number of benzene rings is 1. The Morgan fingerprint density at radius 3 is 2.59 bits per heavy atom. The van der Waals surface area contributed by atoms with E-state index < -0.39 is 0 Å². The highest BCUT2D eigenvalue weighted by molar-refractivity contribution is 5.94. The molecule has 1 amide bonds. The molecule has 4 rings (SSSR count). The van der Waals surface area contributed by atoms with Crippen molar-refractivity contribution in [3.8, 4) is 0 Å². The van der Waals surface area contributed by atoms with Crippen LogP contribution in [0.3, 0.4) is 0 Å². The summed E-state index contributed by atoms with van der Waals surface area (Å²) in [5.74, 6) is -0.0607. The Hall–Kier alpha value is -3.58. The van der Waals surface area contributed by atoms with Crippen molar-refractivity contribution in [2.45, 2.75) is 26.4 Å². The Kier molecular flexibility index (Phi) is 6.56. The lowest BCUT2D eigenvalue weighted by atomic mass is 10.1. The van der Waals surface area contributed by atoms with Gasteiger partial charge in [0.2, 0.25) is 0 Å². The van der Waals surface area contributed by atoms with Crippen LogP contribution in [0.4, 0.5) is 0 Å². The normalized spacial score (nSPS) is 11.2. The van der Waals surface area contributed by atoms with Crippen molar-refractivity contribution < 1.29 is 4.79 Å². The molecule has 7 heteroatoms. The summed E-state index contributed by atoms with van der Waals surface area (Å²) in [5, 5.41) is 0. The molecule has 0 aliphatic rings. The summed E-state index contributed by atoms with van der Waals surface area (Å²) in [6, 6.07) is 16.1. The Balaban J connectivity index is 1.58. The maximum atomic E-state index is 13.4. The monoisotopic (exact) mass is 428 g/mol. The minimum Gasteiger partial charge on any atom is -0.340 e. The number of carbonyl (C=O) groups is 1. The van der Waals surface area contributed by atoms with E-state index in [1.807, 2.05) is 68.0 Å². The average Bonchev–Trinajstić information content (AvgIpc) is 3.17. The molecule has 3 heterocycles. The predicted molar refractivity (Wildman–Crippen MR) is 124 cm³/mol. The lowest BCUT2D eigenvalue weighted by Crippen LogP contribution is -2.31. The van der Waals surface area contributed by atoms with Crippen LogP contribution in [-0.4, -0.2) is 55.7 Å². The topological polar surface area (TPSA) is 66.6 Å². The van der Waals surface area contributed by atoms with Gasteiger partial charge in [0, 0.05) is 39.1 Å². The molecule has 0 saturated heterocycles. The van der Waals surface area contributed by atoms with Gasteiger partial charge in [-0.1, -0.05) is 36.4 Å². The number of nitrogens with zero attached hydrogens (tertiary/aromatic N) is 6. The van der Waals surface area contributed by atoms with E-state index in [1.165, 1.54) is 5.56 Å². The fourth-order valence-electron chi connectivity index (χ4n) is 3.80. The summed E-state index contributed by atoms with van der Waals surface area (Å²) in [7, 11) is 3.86. The molecule has 32 heavy (non-hydrogen) atoms. The van der Waals surface area contributed by atoms with E-state index in [0.29, 0.717) is 25.3 Å². The molecular formula is C25H28N6O. The van der Waals surface area contributed by atoms with Gasteiger partial charge >= 0.3 is 0 Å². The van der Waals surface area contributed by atoms with Crippen LogP contribution >= 0.6 is 0 Å². The van der Waals surface area contributed by atoms with Crippen molar-refractivity contribution in [1.82, 2.24) is 29.2 Å². The Morgan fingerprint density at radius 1 is 1.03 bits per heavy atom. The molecule has 0 bridgehead atoms. The van der Waals surface area contributed by atoms with E-state index in [1.54, 1.807) is 17.4 Å². The van der Waals surface area contributed by atoms with Crippen LogP contribution in [0.2, 0.25) is 0 Å². The molecule has 7 nitrogen and oxygen atoms in total. The molecule has 4 aromatic rings. The van der Waals surface area contributed by atoms with E-state index in [2.05, 4.69) is 27.0 Å². The Morgan fingerprint density at radius 2 is 1.84 bits per heavy atom. The second kappa shape index (κ2) is 9.70. The van der Waals surface area contributed by atoms with Gasteiger partial charge in [0.15, 0.2) is 5.69 Å². The Labute approximate surface area is 188 Å². The number of aryl methyl sites for hydroxylation is 1. The second-order valence-electron chi connectivity index (χ2n) is 8.13. The van der Waals surface area contributed by atoms with Crippen LogP contribution in [0.15, 0.2) is 67.3 Å². The highest BCUT2D eigenvalue weighted by Gasteiger charge is 2.23. The summed E-state index contributed by atoms with van der Waals surface area (Å²) >= 11 is 0. The third-order valence-electron chi connectivity index (χ3n) is 5.57. The first-order chi connectivity index (χ1) is 15.5. The third-order valence-corrected chi connectivity index (χ3v) is 5.57. The summed E-state index contributed by atoms with van der Waals surface area (Å²) in [4.78, 5) is 30.4. The molecule has 164 valence electrons. The maximum absolute atomic E-state index is 13.4. The lowest BCUT2D eigenvalue weighted by molar-refractivity contribution is 0.0789. The highest BCUT2D eigenvalue weighted by atomic mass is 16.2.